The number of amides is 1. The van der Waals surface area contributed by atoms with Crippen molar-refractivity contribution in [3.05, 3.63) is 63.7 Å². The van der Waals surface area contributed by atoms with Crippen molar-refractivity contribution >= 4 is 28.4 Å². The molecule has 0 atom stereocenters. The van der Waals surface area contributed by atoms with Gasteiger partial charge in [0.15, 0.2) is 0 Å². The van der Waals surface area contributed by atoms with E-state index < -0.39 is 0 Å². The highest BCUT2D eigenvalue weighted by Crippen LogP contribution is 2.29. The number of aromatic nitrogens is 5. The molecule has 0 spiro atoms. The molecular weight excluding hydrogens is 424 g/mol. The van der Waals surface area contributed by atoms with Gasteiger partial charge in [-0.25, -0.2) is 4.98 Å². The van der Waals surface area contributed by atoms with Gasteiger partial charge >= 0.3 is 0 Å². The zero-order valence-corrected chi connectivity index (χ0v) is 19.8. The number of para-hydroxylation sites is 1. The van der Waals surface area contributed by atoms with Crippen LogP contribution in [-0.4, -0.2) is 37.0 Å². The van der Waals surface area contributed by atoms with Crippen molar-refractivity contribution in [3.8, 4) is 11.3 Å². The van der Waals surface area contributed by atoms with Crippen LogP contribution in [0, 0.1) is 27.7 Å². The van der Waals surface area contributed by atoms with E-state index in [4.69, 9.17) is 16.6 Å². The van der Waals surface area contributed by atoms with Crippen LogP contribution in [0.1, 0.15) is 39.6 Å². The lowest BCUT2D eigenvalue weighted by Gasteiger charge is -2.11. The van der Waals surface area contributed by atoms with E-state index in [9.17, 15) is 4.79 Å². The maximum atomic E-state index is 13.2. The summed E-state index contributed by atoms with van der Waals surface area (Å²) >= 11 is 6.22. The Morgan fingerprint density at radius 2 is 1.81 bits per heavy atom. The molecule has 0 aliphatic carbocycles. The molecule has 0 unspecified atom stereocenters. The third-order valence-corrected chi connectivity index (χ3v) is 6.40. The first-order valence-electron chi connectivity index (χ1n) is 10.7. The number of nitrogens with zero attached hydrogens (tertiary/aromatic N) is 5. The number of pyridine rings is 1. The Balaban J connectivity index is 1.57. The molecule has 0 fully saturated rings. The van der Waals surface area contributed by atoms with Crippen LogP contribution in [0.2, 0.25) is 5.02 Å². The number of benzene rings is 1. The second-order valence-corrected chi connectivity index (χ2v) is 8.44. The van der Waals surface area contributed by atoms with Crippen molar-refractivity contribution in [2.24, 2.45) is 7.05 Å². The van der Waals surface area contributed by atoms with Crippen LogP contribution >= 0.6 is 11.6 Å². The first-order chi connectivity index (χ1) is 15.3. The zero-order chi connectivity index (χ0) is 23.0. The normalized spacial score (nSPS) is 11.3. The van der Waals surface area contributed by atoms with E-state index in [0.717, 1.165) is 51.4 Å². The van der Waals surface area contributed by atoms with E-state index in [2.05, 4.69) is 15.5 Å². The van der Waals surface area contributed by atoms with E-state index in [1.54, 1.807) is 0 Å². The third kappa shape index (κ3) is 4.00. The van der Waals surface area contributed by atoms with Crippen molar-refractivity contribution in [2.45, 2.75) is 40.7 Å². The summed E-state index contributed by atoms with van der Waals surface area (Å²) in [6.45, 7) is 9.04. The molecule has 1 amide bonds. The maximum Gasteiger partial charge on any atom is 0.252 e. The maximum absolute atomic E-state index is 13.2. The van der Waals surface area contributed by atoms with Crippen molar-refractivity contribution in [3.63, 3.8) is 0 Å². The standard InChI is InChI=1S/C24H27ClN6O/c1-14-22(16(3)30(5)28-14)21-13-19(18-9-6-7-10-20(18)27-21)24(32)26-11-8-12-31-17(4)23(25)15(2)29-31/h6-7,9-10,13H,8,11-12H2,1-5H3,(H,26,32). The minimum absolute atomic E-state index is 0.115. The highest BCUT2D eigenvalue weighted by molar-refractivity contribution is 6.31. The first kappa shape index (κ1) is 22.0. The number of carbonyl (C=O) groups excluding carboxylic acids is 1. The van der Waals surface area contributed by atoms with Gasteiger partial charge in [0.25, 0.3) is 5.91 Å². The Morgan fingerprint density at radius 3 is 2.47 bits per heavy atom. The van der Waals surface area contributed by atoms with Gasteiger partial charge < -0.3 is 5.32 Å². The molecule has 0 saturated heterocycles. The summed E-state index contributed by atoms with van der Waals surface area (Å²) in [6.07, 6.45) is 0.751. The Bertz CT molecular complexity index is 1320. The number of aryl methyl sites for hydroxylation is 4. The van der Waals surface area contributed by atoms with E-state index in [-0.39, 0.29) is 5.91 Å². The predicted octanol–water partition coefficient (Wildman–Crippen LogP) is 4.54. The Kier molecular flexibility index (Phi) is 6.02. The average molecular weight is 451 g/mol. The van der Waals surface area contributed by atoms with E-state index in [0.29, 0.717) is 23.7 Å². The lowest BCUT2D eigenvalue weighted by molar-refractivity contribution is 0.0954. The van der Waals surface area contributed by atoms with Gasteiger partial charge in [-0.1, -0.05) is 29.8 Å². The largest absolute Gasteiger partial charge is 0.352 e. The van der Waals surface area contributed by atoms with E-state index >= 15 is 0 Å². The fourth-order valence-corrected chi connectivity index (χ4v) is 4.19. The van der Waals surface area contributed by atoms with Crippen LogP contribution in [-0.2, 0) is 13.6 Å². The molecule has 4 rings (SSSR count). The molecule has 0 aliphatic rings. The molecule has 0 saturated carbocycles. The molecule has 3 heterocycles. The molecule has 3 aromatic heterocycles. The monoisotopic (exact) mass is 450 g/mol. The summed E-state index contributed by atoms with van der Waals surface area (Å²) in [5, 5.41) is 13.5. The summed E-state index contributed by atoms with van der Waals surface area (Å²) in [6, 6.07) is 9.59. The summed E-state index contributed by atoms with van der Waals surface area (Å²) in [4.78, 5) is 18.0. The Labute approximate surface area is 192 Å². The lowest BCUT2D eigenvalue weighted by Crippen LogP contribution is -2.26. The zero-order valence-electron chi connectivity index (χ0n) is 19.0. The summed E-state index contributed by atoms with van der Waals surface area (Å²) < 4.78 is 3.73. The number of nitrogens with one attached hydrogen (secondary N) is 1. The molecule has 7 nitrogen and oxygen atoms in total. The van der Waals surface area contributed by atoms with Crippen molar-refractivity contribution < 1.29 is 4.79 Å². The molecule has 4 aromatic rings. The number of hydrogen-bond acceptors (Lipinski definition) is 4. The second kappa shape index (κ2) is 8.74. The average Bonchev–Trinajstić information content (AvgIpc) is 3.18. The van der Waals surface area contributed by atoms with Gasteiger partial charge in [0, 0.05) is 36.8 Å². The first-order valence-corrected chi connectivity index (χ1v) is 11.0. The number of carbonyl (C=O) groups is 1. The fraction of sp³-hybridized carbons (Fsp3) is 0.333. The van der Waals surface area contributed by atoms with Gasteiger partial charge in [0.05, 0.1) is 38.9 Å². The van der Waals surface area contributed by atoms with Crippen molar-refractivity contribution in [1.82, 2.24) is 29.9 Å². The smallest absolute Gasteiger partial charge is 0.252 e. The van der Waals surface area contributed by atoms with Gasteiger partial charge in [-0.05, 0) is 46.2 Å². The molecule has 0 radical (unpaired) electrons. The molecule has 32 heavy (non-hydrogen) atoms. The molecule has 0 bridgehead atoms. The molecular formula is C24H27ClN6O. The molecule has 1 aromatic carbocycles. The van der Waals surface area contributed by atoms with Gasteiger partial charge in [-0.2, -0.15) is 10.2 Å². The van der Waals surface area contributed by atoms with Gasteiger partial charge in [0.1, 0.15) is 0 Å². The number of rotatable bonds is 6. The van der Waals surface area contributed by atoms with Crippen LogP contribution in [0.5, 0.6) is 0 Å². The topological polar surface area (TPSA) is 77.6 Å². The van der Waals surface area contributed by atoms with Crippen LogP contribution in [0.15, 0.2) is 30.3 Å². The number of fused-ring (bicyclic) bond motifs is 1. The van der Waals surface area contributed by atoms with Gasteiger partial charge in [-0.15, -0.1) is 0 Å². The van der Waals surface area contributed by atoms with Crippen LogP contribution in [0.25, 0.3) is 22.2 Å². The Morgan fingerprint density at radius 1 is 1.06 bits per heavy atom. The molecule has 1 N–H and O–H groups in total. The minimum atomic E-state index is -0.115. The lowest BCUT2D eigenvalue weighted by atomic mass is 10.0. The SMILES string of the molecule is Cc1nn(CCCNC(=O)c2cc(-c3c(C)nn(C)c3C)nc3ccccc23)c(C)c1Cl. The highest BCUT2D eigenvalue weighted by Gasteiger charge is 2.18. The highest BCUT2D eigenvalue weighted by atomic mass is 35.5. The predicted molar refractivity (Wildman–Crippen MR) is 127 cm³/mol. The van der Waals surface area contributed by atoms with E-state index in [1.807, 2.05) is 74.4 Å². The van der Waals surface area contributed by atoms with Crippen LogP contribution in [0.3, 0.4) is 0 Å². The second-order valence-electron chi connectivity index (χ2n) is 8.06. The molecule has 8 heteroatoms. The van der Waals surface area contributed by atoms with Gasteiger partial charge in [0.2, 0.25) is 0 Å². The molecule has 0 aliphatic heterocycles. The Hall–Kier alpha value is -3.19. The summed E-state index contributed by atoms with van der Waals surface area (Å²) in [5.74, 6) is -0.115. The summed E-state index contributed by atoms with van der Waals surface area (Å²) in [7, 11) is 1.91. The number of hydrogen-bond donors (Lipinski definition) is 1. The summed E-state index contributed by atoms with van der Waals surface area (Å²) in [5.41, 5.74) is 6.80. The molecule has 166 valence electrons. The van der Waals surface area contributed by atoms with Crippen LogP contribution < -0.4 is 5.32 Å². The van der Waals surface area contributed by atoms with E-state index in [1.165, 1.54) is 0 Å². The van der Waals surface area contributed by atoms with Crippen molar-refractivity contribution in [1.29, 1.82) is 0 Å². The quantitative estimate of drug-likeness (QED) is 0.437. The number of halogens is 1. The minimum Gasteiger partial charge on any atom is -0.352 e. The van der Waals surface area contributed by atoms with Gasteiger partial charge in [-0.3, -0.25) is 14.2 Å². The van der Waals surface area contributed by atoms with Crippen molar-refractivity contribution in [2.75, 3.05) is 6.54 Å². The fourth-order valence-electron chi connectivity index (χ4n) is 4.05. The third-order valence-electron chi connectivity index (χ3n) is 5.85. The van der Waals surface area contributed by atoms with Crippen LogP contribution in [0.4, 0.5) is 0 Å².